The number of aromatic hydroxyl groups is 1. The zero-order valence-electron chi connectivity index (χ0n) is 17.3. The summed E-state index contributed by atoms with van der Waals surface area (Å²) in [5.74, 6) is -2.74. The lowest BCUT2D eigenvalue weighted by molar-refractivity contribution is -0.141. The van der Waals surface area contributed by atoms with Crippen molar-refractivity contribution < 1.29 is 29.4 Å². The van der Waals surface area contributed by atoms with Gasteiger partial charge < -0.3 is 31.9 Å². The van der Waals surface area contributed by atoms with Crippen molar-refractivity contribution in [3.05, 3.63) is 29.8 Å². The number of amides is 3. The molecule has 0 saturated heterocycles. The van der Waals surface area contributed by atoms with Crippen molar-refractivity contribution >= 4 is 23.7 Å². The third-order valence-corrected chi connectivity index (χ3v) is 4.24. The van der Waals surface area contributed by atoms with Crippen LogP contribution in [0.3, 0.4) is 0 Å². The fraction of sp³-hybridized carbons (Fsp3) is 0.500. The van der Waals surface area contributed by atoms with Gasteiger partial charge in [-0.1, -0.05) is 26.0 Å². The molecule has 3 atom stereocenters. The maximum absolute atomic E-state index is 12.6. The van der Waals surface area contributed by atoms with E-state index in [0.29, 0.717) is 12.0 Å². The van der Waals surface area contributed by atoms with Crippen LogP contribution < -0.4 is 21.7 Å². The summed E-state index contributed by atoms with van der Waals surface area (Å²) in [6, 6.07) is 3.23. The molecule has 3 amide bonds. The second-order valence-corrected chi connectivity index (χ2v) is 7.51. The molecule has 0 spiro atoms. The van der Waals surface area contributed by atoms with E-state index in [1.54, 1.807) is 12.1 Å². The minimum Gasteiger partial charge on any atom is -0.508 e. The van der Waals surface area contributed by atoms with Gasteiger partial charge in [0.2, 0.25) is 17.7 Å². The van der Waals surface area contributed by atoms with Crippen LogP contribution in [0.25, 0.3) is 0 Å². The van der Waals surface area contributed by atoms with E-state index in [9.17, 15) is 24.3 Å². The standard InChI is InChI=1S/C20H30N4O6/c1-11(2)8-15(21)18(27)24-16(9-13-4-6-14(25)7-5-13)19(28)22-10-17(26)23-12(3)20(29)30/h4-7,11-12,15-16,25H,8-10,21H2,1-3H3,(H,22,28)(H,23,26)(H,24,27)(H,29,30). The van der Waals surface area contributed by atoms with Gasteiger partial charge in [-0.25, -0.2) is 0 Å². The number of carboxylic acids is 1. The second-order valence-electron chi connectivity index (χ2n) is 7.51. The molecule has 10 nitrogen and oxygen atoms in total. The molecule has 0 aliphatic carbocycles. The first-order valence-electron chi connectivity index (χ1n) is 9.63. The fourth-order valence-corrected chi connectivity index (χ4v) is 2.62. The highest BCUT2D eigenvalue weighted by atomic mass is 16.4. The van der Waals surface area contributed by atoms with Gasteiger partial charge >= 0.3 is 5.97 Å². The van der Waals surface area contributed by atoms with Crippen LogP contribution in [0.15, 0.2) is 24.3 Å². The van der Waals surface area contributed by atoms with E-state index >= 15 is 0 Å². The van der Waals surface area contributed by atoms with E-state index in [1.165, 1.54) is 19.1 Å². The summed E-state index contributed by atoms with van der Waals surface area (Å²) in [5.41, 5.74) is 6.56. The number of phenols is 1. The average Bonchev–Trinajstić information content (AvgIpc) is 2.66. The zero-order chi connectivity index (χ0) is 22.8. The molecule has 0 saturated carbocycles. The van der Waals surface area contributed by atoms with Crippen molar-refractivity contribution in [2.45, 2.75) is 51.7 Å². The number of aliphatic carboxylic acids is 1. The summed E-state index contributed by atoms with van der Waals surface area (Å²) in [4.78, 5) is 47.6. The van der Waals surface area contributed by atoms with Crippen molar-refractivity contribution in [2.75, 3.05) is 6.54 Å². The first-order chi connectivity index (χ1) is 14.0. The van der Waals surface area contributed by atoms with Crippen LogP contribution in [0.1, 0.15) is 32.8 Å². The smallest absolute Gasteiger partial charge is 0.325 e. The van der Waals surface area contributed by atoms with E-state index < -0.39 is 48.4 Å². The Morgan fingerprint density at radius 1 is 1.00 bits per heavy atom. The molecular weight excluding hydrogens is 392 g/mol. The molecule has 0 bridgehead atoms. The molecule has 30 heavy (non-hydrogen) atoms. The summed E-state index contributed by atoms with van der Waals surface area (Å²) in [7, 11) is 0. The zero-order valence-corrected chi connectivity index (χ0v) is 17.3. The van der Waals surface area contributed by atoms with Crippen LogP contribution in [0.5, 0.6) is 5.75 Å². The molecule has 1 aromatic carbocycles. The Hall–Kier alpha value is -3.14. The fourth-order valence-electron chi connectivity index (χ4n) is 2.62. The van der Waals surface area contributed by atoms with Crippen molar-refractivity contribution in [1.82, 2.24) is 16.0 Å². The van der Waals surface area contributed by atoms with E-state index in [-0.39, 0.29) is 18.1 Å². The lowest BCUT2D eigenvalue weighted by atomic mass is 10.0. The summed E-state index contributed by atoms with van der Waals surface area (Å²) >= 11 is 0. The van der Waals surface area contributed by atoms with Crippen molar-refractivity contribution in [1.29, 1.82) is 0 Å². The predicted molar refractivity (Wildman–Crippen MR) is 109 cm³/mol. The number of rotatable bonds is 11. The minimum atomic E-state index is -1.20. The molecule has 1 rings (SSSR count). The van der Waals surface area contributed by atoms with Gasteiger partial charge in [-0.3, -0.25) is 19.2 Å². The van der Waals surface area contributed by atoms with E-state index in [2.05, 4.69) is 16.0 Å². The number of nitrogens with one attached hydrogen (secondary N) is 3. The Morgan fingerprint density at radius 3 is 2.13 bits per heavy atom. The number of benzene rings is 1. The van der Waals surface area contributed by atoms with E-state index in [4.69, 9.17) is 10.8 Å². The third kappa shape index (κ3) is 8.91. The molecule has 0 fully saturated rings. The monoisotopic (exact) mass is 422 g/mol. The number of phenolic OH excluding ortho intramolecular Hbond substituents is 1. The highest BCUT2D eigenvalue weighted by Gasteiger charge is 2.25. The molecule has 0 aromatic heterocycles. The summed E-state index contributed by atoms with van der Waals surface area (Å²) < 4.78 is 0. The lowest BCUT2D eigenvalue weighted by Crippen LogP contribution is -2.54. The van der Waals surface area contributed by atoms with Crippen molar-refractivity contribution in [3.63, 3.8) is 0 Å². The molecule has 0 radical (unpaired) electrons. The Bertz CT molecular complexity index is 750. The van der Waals surface area contributed by atoms with Crippen LogP contribution in [0.2, 0.25) is 0 Å². The topological polar surface area (TPSA) is 171 Å². The first-order valence-corrected chi connectivity index (χ1v) is 9.63. The maximum Gasteiger partial charge on any atom is 0.325 e. The molecule has 0 aliphatic heterocycles. The third-order valence-electron chi connectivity index (χ3n) is 4.24. The van der Waals surface area contributed by atoms with Gasteiger partial charge in [0.15, 0.2) is 0 Å². The Kier molecular flexibility index (Phi) is 9.76. The highest BCUT2D eigenvalue weighted by molar-refractivity contribution is 5.92. The largest absolute Gasteiger partial charge is 0.508 e. The Balaban J connectivity index is 2.81. The quantitative estimate of drug-likeness (QED) is 0.279. The van der Waals surface area contributed by atoms with Crippen LogP contribution in [-0.4, -0.2) is 58.6 Å². The molecule has 0 aliphatic rings. The normalized spacial score (nSPS) is 13.8. The molecule has 10 heteroatoms. The number of carboxylic acid groups (broad SMARTS) is 1. The van der Waals surface area contributed by atoms with Gasteiger partial charge in [0.25, 0.3) is 0 Å². The summed E-state index contributed by atoms with van der Waals surface area (Å²) in [6.45, 7) is 4.69. The van der Waals surface area contributed by atoms with Gasteiger partial charge in [0, 0.05) is 6.42 Å². The van der Waals surface area contributed by atoms with Crippen LogP contribution in [-0.2, 0) is 25.6 Å². The number of hydrogen-bond acceptors (Lipinski definition) is 6. The number of nitrogens with two attached hydrogens (primary N) is 1. The van der Waals surface area contributed by atoms with Crippen LogP contribution in [0.4, 0.5) is 0 Å². The molecule has 7 N–H and O–H groups in total. The number of carbonyl (C=O) groups is 4. The SMILES string of the molecule is CC(C)CC(N)C(=O)NC(Cc1ccc(O)cc1)C(=O)NCC(=O)NC(C)C(=O)O. The van der Waals surface area contributed by atoms with E-state index in [0.717, 1.165) is 0 Å². The first kappa shape index (κ1) is 24.9. The molecule has 166 valence electrons. The van der Waals surface area contributed by atoms with Crippen molar-refractivity contribution in [2.24, 2.45) is 11.7 Å². The van der Waals surface area contributed by atoms with Gasteiger partial charge in [0.05, 0.1) is 12.6 Å². The Morgan fingerprint density at radius 2 is 1.60 bits per heavy atom. The predicted octanol–water partition coefficient (Wildman–Crippen LogP) is -0.502. The van der Waals surface area contributed by atoms with Gasteiger partial charge in [-0.2, -0.15) is 0 Å². The van der Waals surface area contributed by atoms with Gasteiger partial charge in [-0.15, -0.1) is 0 Å². The van der Waals surface area contributed by atoms with Gasteiger partial charge in [0.1, 0.15) is 17.8 Å². The molecule has 1 aromatic rings. The second kappa shape index (κ2) is 11.8. The average molecular weight is 422 g/mol. The Labute approximate surface area is 175 Å². The number of carbonyl (C=O) groups excluding carboxylic acids is 3. The molecule has 0 heterocycles. The van der Waals surface area contributed by atoms with E-state index in [1.807, 2.05) is 13.8 Å². The highest BCUT2D eigenvalue weighted by Crippen LogP contribution is 2.12. The molecular formula is C20H30N4O6. The van der Waals surface area contributed by atoms with Crippen LogP contribution >= 0.6 is 0 Å². The van der Waals surface area contributed by atoms with Gasteiger partial charge in [-0.05, 0) is 37.0 Å². The minimum absolute atomic E-state index is 0.0620. The van der Waals surface area contributed by atoms with Crippen LogP contribution in [0, 0.1) is 5.92 Å². The maximum atomic E-state index is 12.6. The number of hydrogen-bond donors (Lipinski definition) is 6. The summed E-state index contributed by atoms with van der Waals surface area (Å²) in [5, 5.41) is 25.4. The summed E-state index contributed by atoms with van der Waals surface area (Å²) in [6.07, 6.45) is 0.550. The lowest BCUT2D eigenvalue weighted by Gasteiger charge is -2.21. The molecule has 3 unspecified atom stereocenters. The van der Waals surface area contributed by atoms with Crippen molar-refractivity contribution in [3.8, 4) is 5.75 Å².